The topological polar surface area (TPSA) is 90.9 Å². The Balaban J connectivity index is 1.75. The van der Waals surface area contributed by atoms with Gasteiger partial charge in [0, 0.05) is 18.1 Å². The van der Waals surface area contributed by atoms with Crippen molar-refractivity contribution in [3.05, 3.63) is 97.3 Å². The van der Waals surface area contributed by atoms with Crippen molar-refractivity contribution in [1.29, 1.82) is 0 Å². The first-order valence-electron chi connectivity index (χ1n) is 10.7. The molecule has 0 saturated carbocycles. The van der Waals surface area contributed by atoms with Gasteiger partial charge in [-0.3, -0.25) is 23.4 Å². The van der Waals surface area contributed by atoms with Gasteiger partial charge in [0.2, 0.25) is 5.91 Å². The van der Waals surface area contributed by atoms with E-state index < -0.39 is 11.2 Å². The number of benzene rings is 2. The lowest BCUT2D eigenvalue weighted by atomic mass is 10.2. The smallest absolute Gasteiger partial charge is 0.332 e. The van der Waals surface area contributed by atoms with Gasteiger partial charge in [-0.05, 0) is 31.0 Å². The summed E-state index contributed by atoms with van der Waals surface area (Å²) in [6, 6.07) is 16.5. The van der Waals surface area contributed by atoms with Gasteiger partial charge in [-0.25, -0.2) is 4.79 Å². The van der Waals surface area contributed by atoms with Crippen LogP contribution in [0.25, 0.3) is 11.0 Å². The van der Waals surface area contributed by atoms with Crippen LogP contribution in [0.1, 0.15) is 23.7 Å². The van der Waals surface area contributed by atoms with E-state index in [9.17, 15) is 14.4 Å². The number of nitrogens with one attached hydrogen (secondary N) is 1. The summed E-state index contributed by atoms with van der Waals surface area (Å²) in [6.45, 7) is 4.15. The van der Waals surface area contributed by atoms with E-state index >= 15 is 0 Å². The maximum Gasteiger partial charge on any atom is 0.332 e. The fourth-order valence-corrected chi connectivity index (χ4v) is 4.08. The Labute approximate surface area is 195 Å². The van der Waals surface area contributed by atoms with Gasteiger partial charge in [0.05, 0.1) is 12.2 Å². The number of nitrogens with zero attached hydrogens (tertiary/aromatic N) is 4. The van der Waals surface area contributed by atoms with Crippen molar-refractivity contribution >= 4 is 28.5 Å². The summed E-state index contributed by atoms with van der Waals surface area (Å²) >= 11 is 6.17. The zero-order chi connectivity index (χ0) is 23.5. The lowest BCUT2D eigenvalue weighted by molar-refractivity contribution is -0.121. The average Bonchev–Trinajstić information content (AvgIpc) is 3.16. The lowest BCUT2D eigenvalue weighted by Gasteiger charge is -2.13. The number of aromatic nitrogens is 4. The molecule has 33 heavy (non-hydrogen) atoms. The van der Waals surface area contributed by atoms with Gasteiger partial charge >= 0.3 is 5.69 Å². The molecule has 2 aromatic heterocycles. The summed E-state index contributed by atoms with van der Waals surface area (Å²) < 4.78 is 4.06. The van der Waals surface area contributed by atoms with Crippen molar-refractivity contribution in [2.24, 2.45) is 0 Å². The van der Waals surface area contributed by atoms with Crippen LogP contribution in [0.15, 0.2) is 64.2 Å². The maximum atomic E-state index is 13.4. The second kappa shape index (κ2) is 9.46. The third-order valence-electron chi connectivity index (χ3n) is 5.49. The SMILES string of the molecule is CCn1nc(C)c2c1c(=O)n(Cc1ccccc1)c(=O)n2CC(=O)NCc1ccccc1Cl. The average molecular weight is 466 g/mol. The molecular formula is C24H24ClN5O3. The molecule has 170 valence electrons. The Morgan fingerprint density at radius 2 is 1.70 bits per heavy atom. The summed E-state index contributed by atoms with van der Waals surface area (Å²) in [5.74, 6) is -0.369. The highest BCUT2D eigenvalue weighted by molar-refractivity contribution is 6.31. The van der Waals surface area contributed by atoms with Crippen LogP contribution in [0.3, 0.4) is 0 Å². The van der Waals surface area contributed by atoms with Crippen LogP contribution in [0.4, 0.5) is 0 Å². The Kier molecular flexibility index (Phi) is 6.46. The first-order valence-corrected chi connectivity index (χ1v) is 11.0. The highest BCUT2D eigenvalue weighted by atomic mass is 35.5. The Bertz CT molecular complexity index is 1440. The number of carbonyl (C=O) groups excluding carboxylic acids is 1. The third kappa shape index (κ3) is 4.47. The van der Waals surface area contributed by atoms with Crippen molar-refractivity contribution in [3.8, 4) is 0 Å². The number of rotatable bonds is 7. The Morgan fingerprint density at radius 1 is 1.00 bits per heavy atom. The van der Waals surface area contributed by atoms with E-state index in [1.54, 1.807) is 17.7 Å². The number of amides is 1. The third-order valence-corrected chi connectivity index (χ3v) is 5.86. The molecule has 2 aromatic carbocycles. The van der Waals surface area contributed by atoms with Crippen LogP contribution in [0, 0.1) is 6.92 Å². The van der Waals surface area contributed by atoms with E-state index in [1.807, 2.05) is 55.5 Å². The van der Waals surface area contributed by atoms with E-state index in [1.165, 1.54) is 4.57 Å². The molecule has 2 heterocycles. The zero-order valence-corrected chi connectivity index (χ0v) is 19.2. The molecule has 0 saturated heterocycles. The van der Waals surface area contributed by atoms with Gasteiger partial charge < -0.3 is 5.32 Å². The number of halogens is 1. The highest BCUT2D eigenvalue weighted by Gasteiger charge is 2.21. The second-order valence-corrected chi connectivity index (χ2v) is 8.12. The standard InChI is InChI=1S/C24H24ClN5O3/c1-3-30-22-21(16(2)27-30)28(15-20(31)26-13-18-11-7-8-12-19(18)25)24(33)29(23(22)32)14-17-9-5-4-6-10-17/h4-12H,3,13-15H2,1-2H3,(H,26,31). The van der Waals surface area contributed by atoms with Gasteiger partial charge in [0.1, 0.15) is 12.1 Å². The van der Waals surface area contributed by atoms with Gasteiger partial charge in [0.25, 0.3) is 5.56 Å². The lowest BCUT2D eigenvalue weighted by Crippen LogP contribution is -2.43. The van der Waals surface area contributed by atoms with Crippen LogP contribution in [-0.4, -0.2) is 24.8 Å². The Morgan fingerprint density at radius 3 is 2.39 bits per heavy atom. The molecule has 9 heteroatoms. The first-order chi connectivity index (χ1) is 15.9. The van der Waals surface area contributed by atoms with Crippen LogP contribution < -0.4 is 16.6 Å². The quantitative estimate of drug-likeness (QED) is 0.454. The summed E-state index contributed by atoms with van der Waals surface area (Å²) in [7, 11) is 0. The van der Waals surface area contributed by atoms with Crippen LogP contribution in [0.2, 0.25) is 5.02 Å². The predicted octanol–water partition coefficient (Wildman–Crippen LogP) is 2.71. The van der Waals surface area contributed by atoms with E-state index in [4.69, 9.17) is 11.6 Å². The zero-order valence-electron chi connectivity index (χ0n) is 18.4. The van der Waals surface area contributed by atoms with Gasteiger partial charge in [-0.2, -0.15) is 5.10 Å². The van der Waals surface area contributed by atoms with Crippen molar-refractivity contribution in [3.63, 3.8) is 0 Å². The minimum Gasteiger partial charge on any atom is -0.350 e. The molecule has 0 aliphatic carbocycles. The number of aryl methyl sites for hydroxylation is 2. The van der Waals surface area contributed by atoms with Crippen molar-refractivity contribution < 1.29 is 4.79 Å². The van der Waals surface area contributed by atoms with Crippen LogP contribution in [-0.2, 0) is 31.0 Å². The van der Waals surface area contributed by atoms with Crippen LogP contribution >= 0.6 is 11.6 Å². The molecule has 0 radical (unpaired) electrons. The number of hydrogen-bond donors (Lipinski definition) is 1. The largest absolute Gasteiger partial charge is 0.350 e. The molecule has 4 aromatic rings. The van der Waals surface area contributed by atoms with E-state index in [-0.39, 0.29) is 25.5 Å². The molecule has 0 spiro atoms. The van der Waals surface area contributed by atoms with Crippen molar-refractivity contribution in [2.75, 3.05) is 0 Å². The molecule has 0 aliphatic rings. The molecule has 0 unspecified atom stereocenters. The second-order valence-electron chi connectivity index (χ2n) is 7.71. The molecule has 0 bridgehead atoms. The van der Waals surface area contributed by atoms with E-state index in [0.717, 1.165) is 15.7 Å². The normalized spacial score (nSPS) is 11.1. The maximum absolute atomic E-state index is 13.4. The van der Waals surface area contributed by atoms with Gasteiger partial charge in [-0.1, -0.05) is 60.1 Å². The minimum atomic E-state index is -0.553. The molecule has 4 rings (SSSR count). The molecule has 1 N–H and O–H groups in total. The fraction of sp³-hybridized carbons (Fsp3) is 0.250. The van der Waals surface area contributed by atoms with Gasteiger partial charge in [0.15, 0.2) is 5.52 Å². The molecule has 0 aliphatic heterocycles. The van der Waals surface area contributed by atoms with Crippen molar-refractivity contribution in [1.82, 2.24) is 24.2 Å². The summed E-state index contributed by atoms with van der Waals surface area (Å²) in [4.78, 5) is 39.5. The number of fused-ring (bicyclic) bond motifs is 1. The van der Waals surface area contributed by atoms with E-state index in [0.29, 0.717) is 28.3 Å². The number of carbonyl (C=O) groups is 1. The first kappa shape index (κ1) is 22.5. The van der Waals surface area contributed by atoms with Gasteiger partial charge in [-0.15, -0.1) is 0 Å². The molecule has 8 nitrogen and oxygen atoms in total. The molecule has 1 amide bonds. The van der Waals surface area contributed by atoms with Crippen molar-refractivity contribution in [2.45, 2.75) is 40.0 Å². The molecule has 0 atom stereocenters. The minimum absolute atomic E-state index is 0.101. The predicted molar refractivity (Wildman–Crippen MR) is 128 cm³/mol. The highest BCUT2D eigenvalue weighted by Crippen LogP contribution is 2.15. The van der Waals surface area contributed by atoms with E-state index in [2.05, 4.69) is 10.4 Å². The number of hydrogen-bond acceptors (Lipinski definition) is 4. The molecule has 0 fully saturated rings. The van der Waals surface area contributed by atoms with Crippen LogP contribution in [0.5, 0.6) is 0 Å². The Hall–Kier alpha value is -3.65. The monoisotopic (exact) mass is 465 g/mol. The summed E-state index contributed by atoms with van der Waals surface area (Å²) in [6.07, 6.45) is 0. The molecular weight excluding hydrogens is 442 g/mol. The summed E-state index contributed by atoms with van der Waals surface area (Å²) in [5.41, 5.74) is 1.82. The summed E-state index contributed by atoms with van der Waals surface area (Å²) in [5, 5.41) is 7.78. The fourth-order valence-electron chi connectivity index (χ4n) is 3.88.